The van der Waals surface area contributed by atoms with E-state index in [1.165, 1.54) is 0 Å². The first-order valence-corrected chi connectivity index (χ1v) is 9.77. The Morgan fingerprint density at radius 2 is 2.00 bits per heavy atom. The van der Waals surface area contributed by atoms with Gasteiger partial charge in [-0.3, -0.25) is 5.10 Å². The van der Waals surface area contributed by atoms with Gasteiger partial charge in [-0.25, -0.2) is 5.10 Å². The van der Waals surface area contributed by atoms with Crippen molar-refractivity contribution < 1.29 is 9.47 Å². The number of H-pyrrole nitrogens is 2. The van der Waals surface area contributed by atoms with Crippen LogP contribution in [0.15, 0.2) is 37.1 Å². The summed E-state index contributed by atoms with van der Waals surface area (Å²) in [4.78, 5) is 0. The molecule has 29 heavy (non-hydrogen) atoms. The first-order chi connectivity index (χ1) is 14.2. The number of anilines is 1. The smallest absolute Gasteiger partial charge is 0.240 e. The molecule has 0 atom stereocenters. The molecule has 0 saturated heterocycles. The van der Waals surface area contributed by atoms with Crippen LogP contribution in [0.25, 0.3) is 22.8 Å². The van der Waals surface area contributed by atoms with Crippen molar-refractivity contribution in [1.29, 1.82) is 0 Å². The molecule has 1 aromatic carbocycles. The summed E-state index contributed by atoms with van der Waals surface area (Å²) in [5.41, 5.74) is 6.75. The molecule has 7 heteroatoms. The monoisotopic (exact) mass is 391 g/mol. The van der Waals surface area contributed by atoms with Gasteiger partial charge in [0.1, 0.15) is 0 Å². The lowest BCUT2D eigenvalue weighted by molar-refractivity contribution is 0.237. The van der Waals surface area contributed by atoms with Crippen molar-refractivity contribution in [2.24, 2.45) is 0 Å². The maximum absolute atomic E-state index is 5.92. The van der Waals surface area contributed by atoms with Crippen molar-refractivity contribution in [3.05, 3.63) is 53.9 Å². The third-order valence-electron chi connectivity index (χ3n) is 4.83. The average molecular weight is 391 g/mol. The molecule has 3 heterocycles. The molecule has 0 amide bonds. The standard InChI is InChI=1S/C22H25N5O2/c1-4-23-20-9-7-16-12-18(20)14(2)6-8-17-15(3)25-27-21(17)28-10-5-11-29-22-19(16)13-24-26-22/h6-9,12-13,23H,2,4-5,10-11H2,1,3H3,(H,24,26)(H,25,27)/b8-6+. The van der Waals surface area contributed by atoms with E-state index in [2.05, 4.69) is 57.4 Å². The fourth-order valence-electron chi connectivity index (χ4n) is 3.31. The normalized spacial score (nSPS) is 15.2. The lowest BCUT2D eigenvalue weighted by Gasteiger charge is -2.13. The van der Waals surface area contributed by atoms with Gasteiger partial charge in [-0.2, -0.15) is 5.10 Å². The van der Waals surface area contributed by atoms with Crippen LogP contribution in [-0.2, 0) is 0 Å². The first-order valence-electron chi connectivity index (χ1n) is 9.77. The van der Waals surface area contributed by atoms with Crippen LogP contribution in [-0.4, -0.2) is 40.2 Å². The molecule has 3 N–H and O–H groups in total. The number of rotatable bonds is 2. The summed E-state index contributed by atoms with van der Waals surface area (Å²) in [6.07, 6.45) is 6.51. The molecule has 1 aliphatic rings. The van der Waals surface area contributed by atoms with Gasteiger partial charge in [0, 0.05) is 29.9 Å². The van der Waals surface area contributed by atoms with Crippen LogP contribution in [0.4, 0.5) is 5.69 Å². The summed E-state index contributed by atoms with van der Waals surface area (Å²) < 4.78 is 11.8. The van der Waals surface area contributed by atoms with Crippen molar-refractivity contribution in [1.82, 2.24) is 20.4 Å². The first kappa shape index (κ1) is 18.9. The van der Waals surface area contributed by atoms with Gasteiger partial charge in [-0.15, -0.1) is 5.10 Å². The highest BCUT2D eigenvalue weighted by Crippen LogP contribution is 2.34. The molecule has 0 radical (unpaired) electrons. The highest BCUT2D eigenvalue weighted by molar-refractivity contribution is 5.87. The van der Waals surface area contributed by atoms with E-state index in [-0.39, 0.29) is 0 Å². The lowest BCUT2D eigenvalue weighted by atomic mass is 9.98. The second-order valence-corrected chi connectivity index (χ2v) is 6.88. The minimum atomic E-state index is 0.508. The van der Waals surface area contributed by atoms with Crippen LogP contribution in [0.1, 0.15) is 30.2 Å². The van der Waals surface area contributed by atoms with Gasteiger partial charge in [-0.05, 0) is 43.2 Å². The number of fused-ring (bicyclic) bond motifs is 5. The summed E-state index contributed by atoms with van der Waals surface area (Å²) in [7, 11) is 0. The van der Waals surface area contributed by atoms with Crippen molar-refractivity contribution >= 4 is 17.3 Å². The van der Waals surface area contributed by atoms with Crippen LogP contribution in [0.2, 0.25) is 0 Å². The fourth-order valence-corrected chi connectivity index (χ4v) is 3.31. The highest BCUT2D eigenvalue weighted by Gasteiger charge is 2.14. The Kier molecular flexibility index (Phi) is 5.37. The summed E-state index contributed by atoms with van der Waals surface area (Å²) in [6.45, 7) is 10.2. The minimum absolute atomic E-state index is 0.508. The molecule has 0 spiro atoms. The van der Waals surface area contributed by atoms with E-state index in [1.54, 1.807) is 6.20 Å². The molecule has 0 unspecified atom stereocenters. The second kappa shape index (κ2) is 8.26. The zero-order valence-electron chi connectivity index (χ0n) is 16.7. The number of aryl methyl sites for hydroxylation is 1. The Balaban J connectivity index is 1.79. The number of nitrogens with zero attached hydrogens (tertiary/aromatic N) is 2. The molecular formula is C22H25N5O2. The van der Waals surface area contributed by atoms with Crippen LogP contribution in [0.5, 0.6) is 11.8 Å². The Hall–Kier alpha value is -3.48. The van der Waals surface area contributed by atoms with E-state index < -0.39 is 0 Å². The number of aromatic amines is 2. The summed E-state index contributed by atoms with van der Waals surface area (Å²) in [6, 6.07) is 6.25. The van der Waals surface area contributed by atoms with Gasteiger partial charge >= 0.3 is 0 Å². The number of ether oxygens (including phenoxy) is 2. The molecule has 0 aliphatic carbocycles. The summed E-state index contributed by atoms with van der Waals surface area (Å²) in [5.74, 6) is 1.24. The Bertz CT molecular complexity index is 1050. The average Bonchev–Trinajstić information content (AvgIpc) is 3.32. The summed E-state index contributed by atoms with van der Waals surface area (Å²) in [5, 5.41) is 17.8. The van der Waals surface area contributed by atoms with Crippen molar-refractivity contribution in [2.75, 3.05) is 25.1 Å². The predicted molar refractivity (Wildman–Crippen MR) is 115 cm³/mol. The van der Waals surface area contributed by atoms with Crippen LogP contribution in [0, 0.1) is 6.92 Å². The zero-order chi connectivity index (χ0) is 20.2. The second-order valence-electron chi connectivity index (χ2n) is 6.88. The zero-order valence-corrected chi connectivity index (χ0v) is 16.7. The van der Waals surface area contributed by atoms with Crippen molar-refractivity contribution in [3.63, 3.8) is 0 Å². The fraction of sp³-hybridized carbons (Fsp3) is 0.273. The molecule has 7 nitrogen and oxygen atoms in total. The Labute approximate surface area is 169 Å². The maximum Gasteiger partial charge on any atom is 0.240 e. The van der Waals surface area contributed by atoms with E-state index >= 15 is 0 Å². The van der Waals surface area contributed by atoms with Crippen LogP contribution in [0.3, 0.4) is 0 Å². The largest absolute Gasteiger partial charge is 0.477 e. The van der Waals surface area contributed by atoms with Gasteiger partial charge < -0.3 is 14.8 Å². The number of hydrogen-bond acceptors (Lipinski definition) is 5. The number of allylic oxidation sites excluding steroid dienone is 2. The molecule has 1 aliphatic heterocycles. The van der Waals surface area contributed by atoms with Crippen LogP contribution >= 0.6 is 0 Å². The number of nitrogens with one attached hydrogen (secondary N) is 3. The molecular weight excluding hydrogens is 366 g/mol. The minimum Gasteiger partial charge on any atom is -0.477 e. The topological polar surface area (TPSA) is 87.8 Å². The third-order valence-corrected chi connectivity index (χ3v) is 4.83. The molecule has 0 saturated carbocycles. The van der Waals surface area contributed by atoms with Gasteiger partial charge in [0.2, 0.25) is 11.8 Å². The number of hydrogen-bond donors (Lipinski definition) is 3. The van der Waals surface area contributed by atoms with Gasteiger partial charge in [-0.1, -0.05) is 18.7 Å². The number of aromatic nitrogens is 4. The molecule has 4 rings (SSSR count). The van der Waals surface area contributed by atoms with E-state index in [0.29, 0.717) is 25.0 Å². The van der Waals surface area contributed by atoms with Crippen molar-refractivity contribution in [2.45, 2.75) is 20.3 Å². The van der Waals surface area contributed by atoms with Gasteiger partial charge in [0.25, 0.3) is 0 Å². The van der Waals surface area contributed by atoms with Gasteiger partial charge in [0.05, 0.1) is 30.5 Å². The molecule has 150 valence electrons. The number of benzene rings is 1. The van der Waals surface area contributed by atoms with Crippen molar-refractivity contribution in [3.8, 4) is 22.9 Å². The maximum atomic E-state index is 5.92. The quantitative estimate of drug-likeness (QED) is 0.602. The van der Waals surface area contributed by atoms with E-state index in [1.807, 2.05) is 19.1 Å². The van der Waals surface area contributed by atoms with E-state index in [9.17, 15) is 0 Å². The highest BCUT2D eigenvalue weighted by atomic mass is 16.5. The van der Waals surface area contributed by atoms with E-state index in [4.69, 9.17) is 9.47 Å². The molecule has 3 aromatic rings. The summed E-state index contributed by atoms with van der Waals surface area (Å²) >= 11 is 0. The lowest BCUT2D eigenvalue weighted by Crippen LogP contribution is -2.06. The molecule has 0 fully saturated rings. The van der Waals surface area contributed by atoms with Gasteiger partial charge in [0.15, 0.2) is 0 Å². The van der Waals surface area contributed by atoms with E-state index in [0.717, 1.165) is 52.2 Å². The Morgan fingerprint density at radius 1 is 1.14 bits per heavy atom. The Morgan fingerprint density at radius 3 is 2.86 bits per heavy atom. The molecule has 2 aromatic heterocycles. The molecule has 2 bridgehead atoms. The third kappa shape index (κ3) is 3.89. The predicted octanol–water partition coefficient (Wildman–Crippen LogP) is 4.43. The SMILES string of the molecule is C=C1/C=C/c2c(n[nH]c2C)OCCCOc2[nH]ncc2-c2ccc(NCC)c1c2. The van der Waals surface area contributed by atoms with Crippen LogP contribution < -0.4 is 14.8 Å².